The molecule has 0 fully saturated rings. The third-order valence-electron chi connectivity index (χ3n) is 2.46. The topological polar surface area (TPSA) is 47.0 Å². The van der Waals surface area contributed by atoms with Crippen LogP contribution in [0, 0.1) is 6.92 Å². The fraction of sp³-hybridized carbons (Fsp3) is 0.231. The molecular weight excluding hydrogens is 294 g/mol. The Bertz CT molecular complexity index is 546. The van der Waals surface area contributed by atoms with Crippen LogP contribution in [0.25, 0.3) is 0 Å². The summed E-state index contributed by atoms with van der Waals surface area (Å²) < 4.78 is 6.30. The summed E-state index contributed by atoms with van der Waals surface area (Å²) >= 11 is 3.44. The fourth-order valence-electron chi connectivity index (χ4n) is 1.61. The Labute approximate surface area is 115 Å². The van der Waals surface area contributed by atoms with Crippen LogP contribution in [0.3, 0.4) is 0 Å². The molecule has 5 heteroatoms. The molecule has 2 rings (SSSR count). The first kappa shape index (κ1) is 12.8. The smallest absolute Gasteiger partial charge is 0.142 e. The highest BCUT2D eigenvalue weighted by atomic mass is 79.9. The van der Waals surface area contributed by atoms with Gasteiger partial charge in [-0.05, 0) is 31.2 Å². The molecule has 0 atom stereocenters. The van der Waals surface area contributed by atoms with Crippen molar-refractivity contribution in [2.75, 3.05) is 12.4 Å². The summed E-state index contributed by atoms with van der Waals surface area (Å²) in [6.07, 6.45) is 1.76. The lowest BCUT2D eigenvalue weighted by Gasteiger charge is -2.11. The third-order valence-corrected chi connectivity index (χ3v) is 2.95. The largest absolute Gasteiger partial charge is 0.495 e. The van der Waals surface area contributed by atoms with Crippen LogP contribution in [0.4, 0.5) is 5.69 Å². The van der Waals surface area contributed by atoms with Gasteiger partial charge in [-0.15, -0.1) is 0 Å². The number of nitrogens with one attached hydrogen (secondary N) is 1. The van der Waals surface area contributed by atoms with Crippen LogP contribution in [0.5, 0.6) is 5.75 Å². The predicted octanol–water partition coefficient (Wildman–Crippen LogP) is 3.17. The van der Waals surface area contributed by atoms with E-state index >= 15 is 0 Å². The molecule has 1 N–H and O–H groups in total. The third kappa shape index (κ3) is 3.20. The normalized spacial score (nSPS) is 10.2. The maximum absolute atomic E-state index is 5.30. The SMILES string of the molecule is COc1ccc(Br)cc1NCc1ccnc(C)n1. The van der Waals surface area contributed by atoms with Gasteiger partial charge in [0.05, 0.1) is 25.0 Å². The van der Waals surface area contributed by atoms with Crippen molar-refractivity contribution < 1.29 is 4.74 Å². The van der Waals surface area contributed by atoms with Gasteiger partial charge >= 0.3 is 0 Å². The molecule has 1 aromatic carbocycles. The summed E-state index contributed by atoms with van der Waals surface area (Å²) in [4.78, 5) is 8.41. The second-order valence-electron chi connectivity index (χ2n) is 3.79. The zero-order chi connectivity index (χ0) is 13.0. The van der Waals surface area contributed by atoms with Crippen LogP contribution in [0.1, 0.15) is 11.5 Å². The minimum absolute atomic E-state index is 0.635. The zero-order valence-electron chi connectivity index (χ0n) is 10.3. The van der Waals surface area contributed by atoms with Gasteiger partial charge in [0.2, 0.25) is 0 Å². The van der Waals surface area contributed by atoms with E-state index in [1.807, 2.05) is 31.2 Å². The summed E-state index contributed by atoms with van der Waals surface area (Å²) in [5, 5.41) is 3.30. The van der Waals surface area contributed by atoms with E-state index in [1.165, 1.54) is 0 Å². The molecule has 0 radical (unpaired) electrons. The molecular formula is C13H14BrN3O. The highest BCUT2D eigenvalue weighted by Gasteiger charge is 2.04. The molecule has 1 heterocycles. The maximum atomic E-state index is 5.30. The molecule has 0 aliphatic rings. The number of halogens is 1. The minimum atomic E-state index is 0.635. The van der Waals surface area contributed by atoms with Crippen LogP contribution >= 0.6 is 15.9 Å². The van der Waals surface area contributed by atoms with E-state index in [-0.39, 0.29) is 0 Å². The number of ether oxygens (including phenoxy) is 1. The number of hydrogen-bond donors (Lipinski definition) is 1. The molecule has 2 aromatic rings. The fourth-order valence-corrected chi connectivity index (χ4v) is 1.97. The Hall–Kier alpha value is -1.62. The summed E-state index contributed by atoms with van der Waals surface area (Å²) in [6.45, 7) is 2.51. The highest BCUT2D eigenvalue weighted by molar-refractivity contribution is 9.10. The van der Waals surface area contributed by atoms with Gasteiger partial charge in [0.15, 0.2) is 0 Å². The van der Waals surface area contributed by atoms with Gasteiger partial charge < -0.3 is 10.1 Å². The molecule has 0 unspecified atom stereocenters. The maximum Gasteiger partial charge on any atom is 0.142 e. The molecule has 0 saturated carbocycles. The Kier molecular flexibility index (Phi) is 4.15. The van der Waals surface area contributed by atoms with E-state index in [2.05, 4.69) is 31.2 Å². The summed E-state index contributed by atoms with van der Waals surface area (Å²) in [7, 11) is 1.66. The van der Waals surface area contributed by atoms with E-state index < -0.39 is 0 Å². The van der Waals surface area contributed by atoms with Crippen molar-refractivity contribution in [1.29, 1.82) is 0 Å². The average Bonchev–Trinajstić information content (AvgIpc) is 2.37. The Balaban J connectivity index is 2.12. The summed E-state index contributed by atoms with van der Waals surface area (Å²) in [6, 6.07) is 7.73. The van der Waals surface area contributed by atoms with Crippen LogP contribution in [-0.2, 0) is 6.54 Å². The number of aromatic nitrogens is 2. The first-order valence-electron chi connectivity index (χ1n) is 5.55. The average molecular weight is 308 g/mol. The van der Waals surface area contributed by atoms with Crippen LogP contribution in [0.2, 0.25) is 0 Å². The van der Waals surface area contributed by atoms with Crippen molar-refractivity contribution in [3.05, 3.63) is 46.5 Å². The minimum Gasteiger partial charge on any atom is -0.495 e. The standard InChI is InChI=1S/C13H14BrN3O/c1-9-15-6-5-11(17-9)8-16-12-7-10(14)3-4-13(12)18-2/h3-7,16H,8H2,1-2H3. The van der Waals surface area contributed by atoms with Crippen molar-refractivity contribution in [3.8, 4) is 5.75 Å². The van der Waals surface area contributed by atoms with E-state index in [4.69, 9.17) is 4.74 Å². The Morgan fingerprint density at radius 2 is 2.17 bits per heavy atom. The summed E-state index contributed by atoms with van der Waals surface area (Å²) in [5.41, 5.74) is 1.88. The molecule has 4 nitrogen and oxygen atoms in total. The van der Waals surface area contributed by atoms with Gasteiger partial charge in [0.25, 0.3) is 0 Å². The van der Waals surface area contributed by atoms with Crippen molar-refractivity contribution in [2.24, 2.45) is 0 Å². The monoisotopic (exact) mass is 307 g/mol. The van der Waals surface area contributed by atoms with E-state index in [1.54, 1.807) is 13.3 Å². The first-order chi connectivity index (χ1) is 8.69. The van der Waals surface area contributed by atoms with E-state index in [9.17, 15) is 0 Å². The molecule has 0 spiro atoms. The lowest BCUT2D eigenvalue weighted by atomic mass is 10.3. The zero-order valence-corrected chi connectivity index (χ0v) is 11.9. The van der Waals surface area contributed by atoms with Crippen LogP contribution in [-0.4, -0.2) is 17.1 Å². The number of benzene rings is 1. The molecule has 1 aromatic heterocycles. The molecule has 0 aliphatic heterocycles. The van der Waals surface area contributed by atoms with Gasteiger partial charge in [-0.2, -0.15) is 0 Å². The molecule has 94 valence electrons. The van der Waals surface area contributed by atoms with Crippen molar-refractivity contribution >= 4 is 21.6 Å². The van der Waals surface area contributed by atoms with Crippen molar-refractivity contribution in [2.45, 2.75) is 13.5 Å². The van der Waals surface area contributed by atoms with Gasteiger partial charge in [0.1, 0.15) is 11.6 Å². The molecule has 0 amide bonds. The number of rotatable bonds is 4. The van der Waals surface area contributed by atoms with Crippen molar-refractivity contribution in [1.82, 2.24) is 9.97 Å². The second-order valence-corrected chi connectivity index (χ2v) is 4.71. The van der Waals surface area contributed by atoms with E-state index in [0.717, 1.165) is 27.4 Å². The molecule has 0 saturated heterocycles. The molecule has 0 aliphatic carbocycles. The summed E-state index contributed by atoms with van der Waals surface area (Å²) in [5.74, 6) is 1.58. The Morgan fingerprint density at radius 3 is 2.89 bits per heavy atom. The van der Waals surface area contributed by atoms with Gasteiger partial charge in [-0.25, -0.2) is 9.97 Å². The van der Waals surface area contributed by atoms with Gasteiger partial charge in [-0.1, -0.05) is 15.9 Å². The lowest BCUT2D eigenvalue weighted by molar-refractivity contribution is 0.416. The number of aryl methyl sites for hydroxylation is 1. The molecule has 18 heavy (non-hydrogen) atoms. The number of methoxy groups -OCH3 is 1. The predicted molar refractivity (Wildman–Crippen MR) is 74.8 cm³/mol. The highest BCUT2D eigenvalue weighted by Crippen LogP contribution is 2.28. The number of nitrogens with zero attached hydrogens (tertiary/aromatic N) is 2. The quantitative estimate of drug-likeness (QED) is 0.942. The van der Waals surface area contributed by atoms with Crippen LogP contribution < -0.4 is 10.1 Å². The first-order valence-corrected chi connectivity index (χ1v) is 6.34. The van der Waals surface area contributed by atoms with Crippen LogP contribution in [0.15, 0.2) is 34.9 Å². The Morgan fingerprint density at radius 1 is 1.33 bits per heavy atom. The van der Waals surface area contributed by atoms with Gasteiger partial charge in [-0.3, -0.25) is 0 Å². The second kappa shape index (κ2) is 5.82. The lowest BCUT2D eigenvalue weighted by Crippen LogP contribution is -2.04. The van der Waals surface area contributed by atoms with Crippen molar-refractivity contribution in [3.63, 3.8) is 0 Å². The van der Waals surface area contributed by atoms with E-state index in [0.29, 0.717) is 6.54 Å². The number of anilines is 1. The number of hydrogen-bond acceptors (Lipinski definition) is 4. The van der Waals surface area contributed by atoms with Gasteiger partial charge in [0, 0.05) is 10.7 Å². The molecule has 0 bridgehead atoms.